The van der Waals surface area contributed by atoms with E-state index in [1.165, 1.54) is 12.8 Å². The summed E-state index contributed by atoms with van der Waals surface area (Å²) in [6.07, 6.45) is 8.18. The number of likely N-dealkylation sites (tertiary alicyclic amines) is 1. The smallest absolute Gasteiger partial charge is 0.251 e. The van der Waals surface area contributed by atoms with Gasteiger partial charge in [-0.1, -0.05) is 18.9 Å². The highest BCUT2D eigenvalue weighted by Crippen LogP contribution is 2.35. The van der Waals surface area contributed by atoms with Crippen molar-refractivity contribution in [3.05, 3.63) is 78.1 Å². The van der Waals surface area contributed by atoms with E-state index in [9.17, 15) is 9.90 Å². The second kappa shape index (κ2) is 12.4. The van der Waals surface area contributed by atoms with Gasteiger partial charge < -0.3 is 20.1 Å². The van der Waals surface area contributed by atoms with E-state index in [1.807, 2.05) is 67.6 Å². The molecule has 2 atom stereocenters. The molecule has 1 saturated heterocycles. The number of aromatic amines is 1. The molecule has 4 aromatic rings. The molecule has 8 nitrogen and oxygen atoms in total. The third kappa shape index (κ3) is 6.44. The highest BCUT2D eigenvalue weighted by Gasteiger charge is 2.29. The number of amides is 1. The number of β-amino-alcohol motifs (C(OH)–C–C–N with tert-alkyl or cyclic N) is 1. The number of H-pyrrole nitrogens is 1. The Labute approximate surface area is 241 Å². The number of hydrogen-bond donors (Lipinski definition) is 3. The van der Waals surface area contributed by atoms with Gasteiger partial charge in [-0.15, -0.1) is 0 Å². The molecule has 2 aliphatic rings. The number of aliphatic hydroxyl groups excluding tert-OH is 1. The predicted octanol–water partition coefficient (Wildman–Crippen LogP) is 5.51. The van der Waals surface area contributed by atoms with E-state index in [0.717, 1.165) is 72.4 Å². The Morgan fingerprint density at radius 2 is 1.85 bits per heavy atom. The number of pyridine rings is 1. The first-order chi connectivity index (χ1) is 20.0. The van der Waals surface area contributed by atoms with Gasteiger partial charge in [0.2, 0.25) is 0 Å². The van der Waals surface area contributed by atoms with Gasteiger partial charge in [0.25, 0.3) is 5.91 Å². The summed E-state index contributed by atoms with van der Waals surface area (Å²) in [4.78, 5) is 20.4. The highest BCUT2D eigenvalue weighted by molar-refractivity contribution is 6.01. The first-order valence-corrected chi connectivity index (χ1v) is 14.9. The number of nitrogens with one attached hydrogen (secondary N) is 2. The topological polar surface area (TPSA) is 103 Å². The molecule has 1 saturated carbocycles. The van der Waals surface area contributed by atoms with Crippen molar-refractivity contribution in [2.75, 3.05) is 19.6 Å². The summed E-state index contributed by atoms with van der Waals surface area (Å²) in [5.74, 6) is 1.15. The van der Waals surface area contributed by atoms with Crippen LogP contribution in [0.4, 0.5) is 0 Å². The van der Waals surface area contributed by atoms with Crippen molar-refractivity contribution in [2.45, 2.75) is 63.7 Å². The van der Waals surface area contributed by atoms with Gasteiger partial charge in [0.1, 0.15) is 11.9 Å². The number of hydrogen-bond acceptors (Lipinski definition) is 6. The van der Waals surface area contributed by atoms with Crippen LogP contribution in [0, 0.1) is 5.92 Å². The molecular formula is C33H39N5O3. The number of carbonyl (C=O) groups excluding carboxylic acids is 1. The number of piperidine rings is 1. The number of rotatable bonds is 9. The summed E-state index contributed by atoms with van der Waals surface area (Å²) in [6.45, 7) is 4.42. The lowest BCUT2D eigenvalue weighted by atomic mass is 9.94. The summed E-state index contributed by atoms with van der Waals surface area (Å²) < 4.78 is 6.26. The fraction of sp³-hybridized carbons (Fsp3) is 0.424. The second-order valence-corrected chi connectivity index (χ2v) is 11.6. The Kier molecular flexibility index (Phi) is 8.30. The SMILES string of the molecule is C[C@H](O)CN1CCC(Oc2ccc(-c3n[nH]c4ccc(C(=O)N[C@H](c5ccccn5)C5CCCC5)cc34)cc2)CC1. The van der Waals surface area contributed by atoms with E-state index in [-0.39, 0.29) is 24.2 Å². The van der Waals surface area contributed by atoms with Crippen LogP contribution < -0.4 is 10.1 Å². The van der Waals surface area contributed by atoms with E-state index < -0.39 is 0 Å². The molecule has 1 aliphatic carbocycles. The van der Waals surface area contributed by atoms with E-state index in [1.54, 1.807) is 6.20 Å². The molecule has 2 fully saturated rings. The fourth-order valence-electron chi connectivity index (χ4n) is 6.35. The van der Waals surface area contributed by atoms with Gasteiger partial charge in [-0.2, -0.15) is 5.10 Å². The Balaban J connectivity index is 1.15. The minimum absolute atomic E-state index is 0.0927. The standard InChI is InChI=1S/C33H39N5O3/c1-22(39)21-38-18-15-27(16-19-38)41-26-12-9-24(10-13-26)31-28-20-25(11-14-29(28)36-37-31)33(40)35-32(23-6-2-3-7-23)30-8-4-5-17-34-30/h4-5,8-14,17,20,22-23,27,32,39H,2-3,6-7,15-16,18-19,21H2,1H3,(H,35,40)(H,36,37)/t22-,32-/m0/s1. The third-order valence-electron chi connectivity index (χ3n) is 8.48. The van der Waals surface area contributed by atoms with Gasteiger partial charge >= 0.3 is 0 Å². The lowest BCUT2D eigenvalue weighted by Gasteiger charge is -2.32. The quantitative estimate of drug-likeness (QED) is 0.253. The van der Waals surface area contributed by atoms with Crippen LogP contribution in [-0.4, -0.2) is 62.9 Å². The third-order valence-corrected chi connectivity index (χ3v) is 8.48. The molecule has 0 radical (unpaired) electrons. The van der Waals surface area contributed by atoms with Gasteiger partial charge in [-0.25, -0.2) is 0 Å². The molecule has 0 unspecified atom stereocenters. The van der Waals surface area contributed by atoms with Gasteiger partial charge in [0.15, 0.2) is 0 Å². The monoisotopic (exact) mass is 553 g/mol. The zero-order chi connectivity index (χ0) is 28.2. The van der Waals surface area contributed by atoms with E-state index in [2.05, 4.69) is 25.4 Å². The molecule has 6 rings (SSSR count). The number of nitrogens with zero attached hydrogens (tertiary/aromatic N) is 3. The van der Waals surface area contributed by atoms with E-state index in [4.69, 9.17) is 4.74 Å². The van der Waals surface area contributed by atoms with E-state index >= 15 is 0 Å². The Morgan fingerprint density at radius 3 is 2.56 bits per heavy atom. The maximum atomic E-state index is 13.5. The van der Waals surface area contributed by atoms with Crippen molar-refractivity contribution < 1.29 is 14.6 Å². The number of carbonyl (C=O) groups is 1. The van der Waals surface area contributed by atoms with Crippen molar-refractivity contribution in [3.63, 3.8) is 0 Å². The van der Waals surface area contributed by atoms with Crippen LogP contribution in [0.5, 0.6) is 5.75 Å². The zero-order valence-corrected chi connectivity index (χ0v) is 23.6. The Morgan fingerprint density at radius 1 is 1.07 bits per heavy atom. The van der Waals surface area contributed by atoms with Crippen molar-refractivity contribution in [3.8, 4) is 17.0 Å². The number of aliphatic hydroxyl groups is 1. The number of fused-ring (bicyclic) bond motifs is 1. The van der Waals surface area contributed by atoms with Crippen LogP contribution in [0.25, 0.3) is 22.2 Å². The van der Waals surface area contributed by atoms with Crippen LogP contribution in [0.1, 0.15) is 67.5 Å². The van der Waals surface area contributed by atoms with Crippen molar-refractivity contribution >= 4 is 16.8 Å². The molecule has 3 heterocycles. The fourth-order valence-corrected chi connectivity index (χ4v) is 6.35. The highest BCUT2D eigenvalue weighted by atomic mass is 16.5. The summed E-state index contributed by atoms with van der Waals surface area (Å²) in [7, 11) is 0. The summed E-state index contributed by atoms with van der Waals surface area (Å²) in [5.41, 5.74) is 4.19. The molecule has 3 N–H and O–H groups in total. The van der Waals surface area contributed by atoms with Gasteiger partial charge in [0, 0.05) is 42.3 Å². The maximum absolute atomic E-state index is 13.5. The number of benzene rings is 2. The molecule has 1 amide bonds. The number of ether oxygens (including phenoxy) is 1. The van der Waals surface area contributed by atoms with Gasteiger partial charge in [-0.05, 0) is 93.1 Å². The Bertz CT molecular complexity index is 1440. The first-order valence-electron chi connectivity index (χ1n) is 14.9. The average molecular weight is 554 g/mol. The minimum Gasteiger partial charge on any atom is -0.490 e. The molecule has 214 valence electrons. The summed E-state index contributed by atoms with van der Waals surface area (Å²) in [6, 6.07) is 19.6. The van der Waals surface area contributed by atoms with Crippen LogP contribution in [0.2, 0.25) is 0 Å². The minimum atomic E-state index is -0.302. The van der Waals surface area contributed by atoms with Gasteiger partial charge in [0.05, 0.1) is 29.1 Å². The molecule has 2 aromatic heterocycles. The lowest BCUT2D eigenvalue weighted by Crippen LogP contribution is -2.41. The molecule has 0 spiro atoms. The van der Waals surface area contributed by atoms with Crippen molar-refractivity contribution in [1.82, 2.24) is 25.4 Å². The van der Waals surface area contributed by atoms with Crippen LogP contribution in [0.3, 0.4) is 0 Å². The molecular weight excluding hydrogens is 514 g/mol. The molecule has 2 aromatic carbocycles. The summed E-state index contributed by atoms with van der Waals surface area (Å²) in [5, 5.41) is 21.5. The van der Waals surface area contributed by atoms with Crippen LogP contribution in [0.15, 0.2) is 66.9 Å². The van der Waals surface area contributed by atoms with Gasteiger partial charge in [-0.3, -0.25) is 14.9 Å². The zero-order valence-electron chi connectivity index (χ0n) is 23.6. The molecule has 0 bridgehead atoms. The number of aromatic nitrogens is 3. The van der Waals surface area contributed by atoms with Crippen LogP contribution >= 0.6 is 0 Å². The van der Waals surface area contributed by atoms with Crippen molar-refractivity contribution in [2.24, 2.45) is 5.92 Å². The Hall–Kier alpha value is -3.75. The lowest BCUT2D eigenvalue weighted by molar-refractivity contribution is 0.0673. The summed E-state index contributed by atoms with van der Waals surface area (Å²) >= 11 is 0. The average Bonchev–Trinajstić information content (AvgIpc) is 3.68. The normalized spacial score (nSPS) is 18.4. The predicted molar refractivity (Wildman–Crippen MR) is 160 cm³/mol. The second-order valence-electron chi connectivity index (χ2n) is 11.6. The largest absolute Gasteiger partial charge is 0.490 e. The maximum Gasteiger partial charge on any atom is 0.251 e. The molecule has 8 heteroatoms. The molecule has 1 aliphatic heterocycles. The molecule has 41 heavy (non-hydrogen) atoms. The van der Waals surface area contributed by atoms with Crippen LogP contribution in [-0.2, 0) is 0 Å². The van der Waals surface area contributed by atoms with E-state index in [0.29, 0.717) is 18.0 Å². The van der Waals surface area contributed by atoms with Crippen molar-refractivity contribution in [1.29, 1.82) is 0 Å². The first kappa shape index (κ1) is 27.4.